The van der Waals surface area contributed by atoms with Gasteiger partial charge in [0.15, 0.2) is 6.10 Å². The summed E-state index contributed by atoms with van der Waals surface area (Å²) in [5.41, 5.74) is 0.575. The number of hydrogen-bond acceptors (Lipinski definition) is 6. The topological polar surface area (TPSA) is 102 Å². The fraction of sp³-hybridized carbons (Fsp3) is 0.364. The Bertz CT molecular complexity index is 1040. The van der Waals surface area contributed by atoms with Gasteiger partial charge in [-0.15, -0.1) is 0 Å². The summed E-state index contributed by atoms with van der Waals surface area (Å²) in [6.07, 6.45) is 0.730. The summed E-state index contributed by atoms with van der Waals surface area (Å²) in [7, 11) is 0. The first-order valence-electron chi connectivity index (χ1n) is 10.2. The number of amides is 1. The van der Waals surface area contributed by atoms with Crippen LogP contribution in [0.1, 0.15) is 37.0 Å². The number of hydrogen-bond donors (Lipinski definition) is 1. The Labute approximate surface area is 195 Å². The van der Waals surface area contributed by atoms with Gasteiger partial charge in [-0.1, -0.05) is 36.2 Å². The number of nitro benzene ring substituents is 1. The standard InChI is InChI=1S/C22H23Cl2N3O5/c1-13-8-10-26(11-9-13)18-7-6-15(12-19(18)27(30)31)22(29)32-14(2)21(28)25-17-5-3-4-16(23)20(17)24/h3-7,12-14H,8-11H2,1-2H3,(H,25,28)/t14-/m1/s1. The SMILES string of the molecule is CC1CCN(c2ccc(C(=O)O[C@H](C)C(=O)Nc3cccc(Cl)c3Cl)cc2[N+](=O)[O-])CC1. The van der Waals surface area contributed by atoms with E-state index in [9.17, 15) is 19.7 Å². The lowest BCUT2D eigenvalue weighted by molar-refractivity contribution is -0.384. The van der Waals surface area contributed by atoms with Crippen molar-refractivity contribution in [3.8, 4) is 0 Å². The molecule has 1 aliphatic heterocycles. The van der Waals surface area contributed by atoms with Gasteiger partial charge in [-0.2, -0.15) is 0 Å². The number of rotatable bonds is 6. The predicted octanol–water partition coefficient (Wildman–Crippen LogP) is 5.32. The molecule has 0 aromatic heterocycles. The molecule has 170 valence electrons. The van der Waals surface area contributed by atoms with E-state index in [0.29, 0.717) is 11.6 Å². The van der Waals surface area contributed by atoms with Crippen LogP contribution in [0.2, 0.25) is 10.0 Å². The fourth-order valence-corrected chi connectivity index (χ4v) is 3.78. The molecule has 10 heteroatoms. The number of carbonyl (C=O) groups is 2. The molecule has 1 fully saturated rings. The molecular formula is C22H23Cl2N3O5. The largest absolute Gasteiger partial charge is 0.449 e. The van der Waals surface area contributed by atoms with Crippen molar-refractivity contribution in [2.45, 2.75) is 32.8 Å². The highest BCUT2D eigenvalue weighted by molar-refractivity contribution is 6.44. The van der Waals surface area contributed by atoms with Crippen molar-refractivity contribution in [1.29, 1.82) is 0 Å². The number of nitrogens with zero attached hydrogens (tertiary/aromatic N) is 2. The van der Waals surface area contributed by atoms with E-state index in [0.717, 1.165) is 25.9 Å². The van der Waals surface area contributed by atoms with Gasteiger partial charge in [0.05, 0.1) is 26.2 Å². The normalized spacial score (nSPS) is 15.2. The number of halogens is 2. The fourth-order valence-electron chi connectivity index (χ4n) is 3.43. The van der Waals surface area contributed by atoms with Crippen LogP contribution in [0.25, 0.3) is 0 Å². The molecule has 1 atom stereocenters. The molecular weight excluding hydrogens is 457 g/mol. The number of carbonyl (C=O) groups excluding carboxylic acids is 2. The Morgan fingerprint density at radius 3 is 2.56 bits per heavy atom. The maximum absolute atomic E-state index is 12.6. The lowest BCUT2D eigenvalue weighted by atomic mass is 9.98. The highest BCUT2D eigenvalue weighted by atomic mass is 35.5. The van der Waals surface area contributed by atoms with Gasteiger partial charge in [-0.3, -0.25) is 14.9 Å². The van der Waals surface area contributed by atoms with Gasteiger partial charge in [-0.05, 0) is 49.9 Å². The monoisotopic (exact) mass is 479 g/mol. The summed E-state index contributed by atoms with van der Waals surface area (Å²) in [6.45, 7) is 4.98. The van der Waals surface area contributed by atoms with Gasteiger partial charge in [0.2, 0.25) is 0 Å². The summed E-state index contributed by atoms with van der Waals surface area (Å²) < 4.78 is 5.21. The molecule has 32 heavy (non-hydrogen) atoms. The van der Waals surface area contributed by atoms with Crippen LogP contribution in [0, 0.1) is 16.0 Å². The van der Waals surface area contributed by atoms with Crippen LogP contribution in [-0.2, 0) is 9.53 Å². The molecule has 0 aliphatic carbocycles. The van der Waals surface area contributed by atoms with E-state index in [1.165, 1.54) is 19.1 Å². The third kappa shape index (κ3) is 5.49. The lowest BCUT2D eigenvalue weighted by Crippen LogP contribution is -2.33. The molecule has 1 heterocycles. The molecule has 1 aliphatic rings. The third-order valence-electron chi connectivity index (χ3n) is 5.39. The molecule has 0 bridgehead atoms. The van der Waals surface area contributed by atoms with Gasteiger partial charge < -0.3 is 15.0 Å². The molecule has 0 unspecified atom stereocenters. The van der Waals surface area contributed by atoms with E-state index in [-0.39, 0.29) is 27.0 Å². The van der Waals surface area contributed by atoms with Crippen LogP contribution < -0.4 is 10.2 Å². The molecule has 1 amide bonds. The molecule has 0 radical (unpaired) electrons. The Hall–Kier alpha value is -2.84. The van der Waals surface area contributed by atoms with Crippen LogP contribution in [-0.4, -0.2) is 36.0 Å². The summed E-state index contributed by atoms with van der Waals surface area (Å²) in [5.74, 6) is -0.878. The zero-order valence-electron chi connectivity index (χ0n) is 17.6. The summed E-state index contributed by atoms with van der Waals surface area (Å²) in [5, 5.41) is 14.6. The quantitative estimate of drug-likeness (QED) is 0.341. The highest BCUT2D eigenvalue weighted by Crippen LogP contribution is 2.33. The lowest BCUT2D eigenvalue weighted by Gasteiger charge is -2.31. The van der Waals surface area contributed by atoms with Crippen LogP contribution in [0.15, 0.2) is 36.4 Å². The van der Waals surface area contributed by atoms with Gasteiger partial charge in [0.1, 0.15) is 5.69 Å². The van der Waals surface area contributed by atoms with Crippen molar-refractivity contribution in [2.75, 3.05) is 23.3 Å². The zero-order chi connectivity index (χ0) is 23.4. The van der Waals surface area contributed by atoms with E-state index in [1.807, 2.05) is 4.90 Å². The molecule has 8 nitrogen and oxygen atoms in total. The zero-order valence-corrected chi connectivity index (χ0v) is 19.2. The second kappa shape index (κ2) is 10.2. The Morgan fingerprint density at radius 2 is 1.91 bits per heavy atom. The Balaban J connectivity index is 1.71. The van der Waals surface area contributed by atoms with E-state index in [2.05, 4.69) is 12.2 Å². The van der Waals surface area contributed by atoms with Crippen molar-refractivity contribution in [3.05, 3.63) is 62.1 Å². The number of nitrogens with one attached hydrogen (secondary N) is 1. The molecule has 1 saturated heterocycles. The number of benzene rings is 2. The minimum Gasteiger partial charge on any atom is -0.449 e. The van der Waals surface area contributed by atoms with Gasteiger partial charge in [0.25, 0.3) is 11.6 Å². The van der Waals surface area contributed by atoms with Crippen LogP contribution >= 0.6 is 23.2 Å². The third-order valence-corrected chi connectivity index (χ3v) is 6.21. The summed E-state index contributed by atoms with van der Waals surface area (Å²) in [4.78, 5) is 38.0. The Kier molecular flexibility index (Phi) is 7.58. The predicted molar refractivity (Wildman–Crippen MR) is 124 cm³/mol. The van der Waals surface area contributed by atoms with Crippen LogP contribution in [0.5, 0.6) is 0 Å². The molecule has 0 spiro atoms. The second-order valence-electron chi connectivity index (χ2n) is 7.77. The van der Waals surface area contributed by atoms with Gasteiger partial charge >= 0.3 is 5.97 Å². The Morgan fingerprint density at radius 1 is 1.22 bits per heavy atom. The number of esters is 1. The molecule has 2 aromatic rings. The number of anilines is 2. The average Bonchev–Trinajstić information content (AvgIpc) is 2.77. The van der Waals surface area contributed by atoms with Gasteiger partial charge in [-0.25, -0.2) is 4.79 Å². The average molecular weight is 480 g/mol. The number of piperidine rings is 1. The first-order valence-corrected chi connectivity index (χ1v) is 10.9. The first kappa shape index (κ1) is 23.8. The van der Waals surface area contributed by atoms with Gasteiger partial charge in [0, 0.05) is 19.2 Å². The molecule has 3 rings (SSSR count). The van der Waals surface area contributed by atoms with Crippen molar-refractivity contribution >= 4 is 52.1 Å². The number of nitro groups is 1. The van der Waals surface area contributed by atoms with Crippen molar-refractivity contribution in [3.63, 3.8) is 0 Å². The molecule has 1 N–H and O–H groups in total. The highest BCUT2D eigenvalue weighted by Gasteiger charge is 2.26. The summed E-state index contributed by atoms with van der Waals surface area (Å²) in [6, 6.07) is 8.97. The molecule has 2 aromatic carbocycles. The van der Waals surface area contributed by atoms with E-state index in [4.69, 9.17) is 27.9 Å². The minimum absolute atomic E-state index is 0.00809. The van der Waals surface area contributed by atoms with E-state index in [1.54, 1.807) is 24.3 Å². The summed E-state index contributed by atoms with van der Waals surface area (Å²) >= 11 is 12.0. The first-order chi connectivity index (χ1) is 15.2. The van der Waals surface area contributed by atoms with Crippen molar-refractivity contribution < 1.29 is 19.2 Å². The van der Waals surface area contributed by atoms with Crippen molar-refractivity contribution in [1.82, 2.24) is 0 Å². The molecule has 0 saturated carbocycles. The minimum atomic E-state index is -1.17. The maximum atomic E-state index is 12.6. The maximum Gasteiger partial charge on any atom is 0.339 e. The number of ether oxygens (including phenoxy) is 1. The smallest absolute Gasteiger partial charge is 0.339 e. The van der Waals surface area contributed by atoms with Crippen LogP contribution in [0.4, 0.5) is 17.1 Å². The van der Waals surface area contributed by atoms with E-state index < -0.39 is 22.9 Å². The van der Waals surface area contributed by atoms with E-state index >= 15 is 0 Å². The van der Waals surface area contributed by atoms with Crippen molar-refractivity contribution in [2.24, 2.45) is 5.92 Å². The van der Waals surface area contributed by atoms with Crippen LogP contribution in [0.3, 0.4) is 0 Å². The second-order valence-corrected chi connectivity index (χ2v) is 8.55.